The molecule has 0 aromatic carbocycles. The van der Waals surface area contributed by atoms with E-state index in [-0.39, 0.29) is 17.7 Å². The minimum atomic E-state index is -0.443. The number of rotatable bonds is 3. The van der Waals surface area contributed by atoms with Crippen LogP contribution in [0.1, 0.15) is 36.3 Å². The molecule has 1 aromatic heterocycles. The van der Waals surface area contributed by atoms with Crippen LogP contribution < -0.4 is 5.32 Å². The number of aromatic nitrogens is 1. The van der Waals surface area contributed by atoms with Crippen molar-refractivity contribution in [3.05, 3.63) is 15.6 Å². The first-order valence-electron chi connectivity index (χ1n) is 6.85. The second-order valence-corrected chi connectivity index (χ2v) is 6.91. The first kappa shape index (κ1) is 15.0. The molecule has 0 bridgehead atoms. The van der Waals surface area contributed by atoms with Crippen molar-refractivity contribution in [3.8, 4) is 0 Å². The van der Waals surface area contributed by atoms with Gasteiger partial charge >= 0.3 is 0 Å². The van der Waals surface area contributed by atoms with Crippen LogP contribution in [0.2, 0.25) is 0 Å². The monoisotopic (exact) mass is 295 g/mol. The molecule has 1 aliphatic heterocycles. The smallest absolute Gasteiger partial charge is 0.246 e. The molecule has 0 spiro atoms. The zero-order chi connectivity index (χ0) is 15.0. The number of carbonyl (C=O) groups excluding carboxylic acids is 2. The molecule has 0 saturated carbocycles. The molecular formula is C14H21N3O2S. The van der Waals surface area contributed by atoms with E-state index in [0.717, 1.165) is 15.6 Å². The molecule has 2 amide bonds. The zero-order valence-corrected chi connectivity index (χ0v) is 13.4. The van der Waals surface area contributed by atoms with Gasteiger partial charge in [-0.3, -0.25) is 9.59 Å². The van der Waals surface area contributed by atoms with Crippen molar-refractivity contribution in [1.29, 1.82) is 0 Å². The number of nitrogens with zero attached hydrogens (tertiary/aromatic N) is 2. The Morgan fingerprint density at radius 1 is 1.35 bits per heavy atom. The van der Waals surface area contributed by atoms with Gasteiger partial charge in [-0.1, -0.05) is 13.8 Å². The van der Waals surface area contributed by atoms with Crippen LogP contribution in [-0.4, -0.2) is 33.8 Å². The van der Waals surface area contributed by atoms with Gasteiger partial charge < -0.3 is 10.2 Å². The van der Waals surface area contributed by atoms with Crippen molar-refractivity contribution in [2.75, 3.05) is 0 Å². The van der Waals surface area contributed by atoms with Crippen molar-refractivity contribution in [2.24, 2.45) is 5.92 Å². The van der Waals surface area contributed by atoms with Gasteiger partial charge in [-0.15, -0.1) is 11.3 Å². The normalized spacial score (nSPS) is 23.4. The number of amides is 2. The van der Waals surface area contributed by atoms with Gasteiger partial charge in [0.05, 0.1) is 12.2 Å². The summed E-state index contributed by atoms with van der Waals surface area (Å²) >= 11 is 1.59. The maximum atomic E-state index is 12.5. The van der Waals surface area contributed by atoms with Gasteiger partial charge in [-0.25, -0.2) is 4.98 Å². The van der Waals surface area contributed by atoms with E-state index in [1.807, 2.05) is 27.7 Å². The molecule has 1 fully saturated rings. The summed E-state index contributed by atoms with van der Waals surface area (Å²) in [4.78, 5) is 31.8. The fourth-order valence-electron chi connectivity index (χ4n) is 2.27. The van der Waals surface area contributed by atoms with Crippen LogP contribution >= 0.6 is 11.3 Å². The Bertz CT molecular complexity index is 519. The van der Waals surface area contributed by atoms with Crippen molar-refractivity contribution >= 4 is 23.2 Å². The van der Waals surface area contributed by atoms with Crippen molar-refractivity contribution in [1.82, 2.24) is 15.2 Å². The average Bonchev–Trinajstić information content (AvgIpc) is 2.68. The third-order valence-electron chi connectivity index (χ3n) is 3.74. The van der Waals surface area contributed by atoms with Crippen molar-refractivity contribution < 1.29 is 9.59 Å². The molecule has 2 atom stereocenters. The topological polar surface area (TPSA) is 62.3 Å². The first-order chi connectivity index (χ1) is 9.31. The highest BCUT2D eigenvalue weighted by Gasteiger charge is 2.39. The fraction of sp³-hybridized carbons (Fsp3) is 0.643. The van der Waals surface area contributed by atoms with Crippen LogP contribution in [-0.2, 0) is 16.1 Å². The molecule has 1 aliphatic rings. The number of thiazole rings is 1. The lowest BCUT2D eigenvalue weighted by Gasteiger charge is -2.38. The SMILES string of the molecule is Cc1nc(CN2C(=O)C(C(C)C)NC(=O)C2C)sc1C. The van der Waals surface area contributed by atoms with E-state index in [0.29, 0.717) is 6.54 Å². The van der Waals surface area contributed by atoms with Crippen LogP contribution in [0.25, 0.3) is 0 Å². The molecule has 1 aromatic rings. The van der Waals surface area contributed by atoms with E-state index < -0.39 is 12.1 Å². The summed E-state index contributed by atoms with van der Waals surface area (Å²) < 4.78 is 0. The Hall–Kier alpha value is -1.43. The fourth-order valence-corrected chi connectivity index (χ4v) is 3.20. The number of aryl methyl sites for hydroxylation is 2. The Balaban J connectivity index is 2.23. The number of hydrogen-bond donors (Lipinski definition) is 1. The lowest BCUT2D eigenvalue weighted by atomic mass is 9.98. The average molecular weight is 295 g/mol. The van der Waals surface area contributed by atoms with Gasteiger partial charge in [0.1, 0.15) is 17.1 Å². The van der Waals surface area contributed by atoms with E-state index in [1.165, 1.54) is 0 Å². The Labute approximate surface area is 123 Å². The van der Waals surface area contributed by atoms with Gasteiger partial charge in [0.25, 0.3) is 0 Å². The predicted molar refractivity (Wildman–Crippen MR) is 78.4 cm³/mol. The van der Waals surface area contributed by atoms with Crippen molar-refractivity contribution in [2.45, 2.75) is 53.2 Å². The van der Waals surface area contributed by atoms with Gasteiger partial charge in [0, 0.05) is 4.88 Å². The summed E-state index contributed by atoms with van der Waals surface area (Å²) in [6.07, 6.45) is 0. The summed E-state index contributed by atoms with van der Waals surface area (Å²) in [5.41, 5.74) is 0.993. The lowest BCUT2D eigenvalue weighted by Crippen LogP contribution is -2.63. The van der Waals surface area contributed by atoms with Crippen molar-refractivity contribution in [3.63, 3.8) is 0 Å². The van der Waals surface area contributed by atoms with Crippen LogP contribution in [0.4, 0.5) is 0 Å². The molecule has 20 heavy (non-hydrogen) atoms. The minimum absolute atomic E-state index is 0.0161. The third kappa shape index (κ3) is 2.70. The highest BCUT2D eigenvalue weighted by molar-refractivity contribution is 7.11. The summed E-state index contributed by atoms with van der Waals surface area (Å²) in [5.74, 6) is -0.0212. The largest absolute Gasteiger partial charge is 0.342 e. The number of hydrogen-bond acceptors (Lipinski definition) is 4. The summed E-state index contributed by atoms with van der Waals surface area (Å²) in [6.45, 7) is 10.0. The van der Waals surface area contributed by atoms with Gasteiger partial charge in [-0.05, 0) is 26.7 Å². The third-order valence-corrected chi connectivity index (χ3v) is 4.80. The minimum Gasteiger partial charge on any atom is -0.342 e. The molecule has 1 N–H and O–H groups in total. The number of nitrogens with one attached hydrogen (secondary N) is 1. The van der Waals surface area contributed by atoms with E-state index in [1.54, 1.807) is 23.2 Å². The van der Waals surface area contributed by atoms with Crippen LogP contribution in [0.15, 0.2) is 0 Å². The van der Waals surface area contributed by atoms with Gasteiger partial charge in [0.2, 0.25) is 11.8 Å². The van der Waals surface area contributed by atoms with E-state index in [4.69, 9.17) is 0 Å². The molecule has 2 unspecified atom stereocenters. The molecule has 110 valence electrons. The van der Waals surface area contributed by atoms with Crippen LogP contribution in [0, 0.1) is 19.8 Å². The highest BCUT2D eigenvalue weighted by Crippen LogP contribution is 2.22. The Morgan fingerprint density at radius 3 is 2.50 bits per heavy atom. The van der Waals surface area contributed by atoms with Crippen LogP contribution in [0.3, 0.4) is 0 Å². The molecule has 1 saturated heterocycles. The lowest BCUT2D eigenvalue weighted by molar-refractivity contribution is -0.150. The quantitative estimate of drug-likeness (QED) is 0.922. The molecule has 0 radical (unpaired) electrons. The molecule has 5 nitrogen and oxygen atoms in total. The van der Waals surface area contributed by atoms with E-state index in [9.17, 15) is 9.59 Å². The molecular weight excluding hydrogens is 274 g/mol. The highest BCUT2D eigenvalue weighted by atomic mass is 32.1. The maximum absolute atomic E-state index is 12.5. The molecule has 6 heteroatoms. The van der Waals surface area contributed by atoms with E-state index in [2.05, 4.69) is 10.3 Å². The zero-order valence-electron chi connectivity index (χ0n) is 12.6. The Morgan fingerprint density at radius 2 is 2.00 bits per heavy atom. The summed E-state index contributed by atoms with van der Waals surface area (Å²) in [5, 5.41) is 3.69. The van der Waals surface area contributed by atoms with Crippen LogP contribution in [0.5, 0.6) is 0 Å². The second kappa shape index (κ2) is 5.52. The van der Waals surface area contributed by atoms with Gasteiger partial charge in [-0.2, -0.15) is 0 Å². The predicted octanol–water partition coefficient (Wildman–Crippen LogP) is 1.63. The maximum Gasteiger partial charge on any atom is 0.246 e. The standard InChI is InChI=1S/C14H21N3O2S/c1-7(2)12-14(19)17(9(4)13(18)16-12)6-11-15-8(3)10(5)20-11/h7,9,12H,6H2,1-5H3,(H,16,18). The molecule has 0 aliphatic carbocycles. The second-order valence-electron chi connectivity index (χ2n) is 5.62. The van der Waals surface area contributed by atoms with Gasteiger partial charge in [0.15, 0.2) is 0 Å². The van der Waals surface area contributed by atoms with E-state index >= 15 is 0 Å². The summed E-state index contributed by atoms with van der Waals surface area (Å²) in [7, 11) is 0. The first-order valence-corrected chi connectivity index (χ1v) is 7.66. The number of carbonyl (C=O) groups is 2. The summed E-state index contributed by atoms with van der Waals surface area (Å²) in [6, 6.07) is -0.872. The molecule has 2 heterocycles. The molecule has 2 rings (SSSR count). The Kier molecular flexibility index (Phi) is 4.13. The number of piperazine rings is 1.